The van der Waals surface area contributed by atoms with Gasteiger partial charge < -0.3 is 30.2 Å². The van der Waals surface area contributed by atoms with Crippen molar-refractivity contribution in [1.29, 1.82) is 0 Å². The largest absolute Gasteiger partial charge is 0.465 e. The Balaban J connectivity index is 1.57. The summed E-state index contributed by atoms with van der Waals surface area (Å²) in [5.41, 5.74) is 1.72. The van der Waals surface area contributed by atoms with E-state index in [1.54, 1.807) is 4.90 Å². The molecule has 0 unspecified atom stereocenters. The van der Waals surface area contributed by atoms with Crippen LogP contribution in [0.15, 0.2) is 24.3 Å². The van der Waals surface area contributed by atoms with Gasteiger partial charge in [0, 0.05) is 24.2 Å². The first-order valence-corrected chi connectivity index (χ1v) is 11.7. The van der Waals surface area contributed by atoms with Crippen LogP contribution in [0.4, 0.5) is 10.5 Å². The number of hydrogen-bond acceptors (Lipinski definition) is 5. The molecule has 1 aromatic rings. The standard InChI is InChI=1S/C24H33N3O6/c28-15-19(25-23(30)20(26-24(31)32)14-17-6-2-1-3-7-17)10-11-22(29)27-12-13-33-16-18-8-4-5-9-21(18)27/h4-5,8-9,15,17,19-20,26H,1-3,6-7,10-14,16H2,(H,25,30)(H,31,32)/t19-,20-/m0/s1. The van der Waals surface area contributed by atoms with Crippen LogP contribution in [0.1, 0.15) is 56.9 Å². The Labute approximate surface area is 193 Å². The first-order chi connectivity index (χ1) is 16.0. The summed E-state index contributed by atoms with van der Waals surface area (Å²) in [4.78, 5) is 50.2. The molecule has 0 bridgehead atoms. The number of amides is 3. The molecule has 1 heterocycles. The predicted molar refractivity (Wildman–Crippen MR) is 122 cm³/mol. The molecule has 2 aliphatic rings. The van der Waals surface area contributed by atoms with Gasteiger partial charge in [-0.05, 0) is 24.8 Å². The number of nitrogens with zero attached hydrogens (tertiary/aromatic N) is 1. The Kier molecular flexibility index (Phi) is 9.24. The van der Waals surface area contributed by atoms with Crippen LogP contribution in [-0.4, -0.2) is 54.5 Å². The molecule has 9 nitrogen and oxygen atoms in total. The zero-order chi connectivity index (χ0) is 23.6. The van der Waals surface area contributed by atoms with Gasteiger partial charge in [-0.1, -0.05) is 50.3 Å². The third kappa shape index (κ3) is 7.28. The zero-order valence-corrected chi connectivity index (χ0v) is 18.8. The van der Waals surface area contributed by atoms with Gasteiger partial charge in [-0.15, -0.1) is 0 Å². The Hall–Kier alpha value is -2.94. The summed E-state index contributed by atoms with van der Waals surface area (Å²) in [6.07, 6.45) is 5.20. The van der Waals surface area contributed by atoms with Gasteiger partial charge in [0.25, 0.3) is 0 Å². The van der Waals surface area contributed by atoms with E-state index < -0.39 is 24.1 Å². The van der Waals surface area contributed by atoms with Crippen molar-refractivity contribution in [3.05, 3.63) is 29.8 Å². The van der Waals surface area contributed by atoms with Crippen molar-refractivity contribution in [2.75, 3.05) is 18.1 Å². The van der Waals surface area contributed by atoms with Crippen LogP contribution in [0.5, 0.6) is 0 Å². The minimum atomic E-state index is -1.27. The van der Waals surface area contributed by atoms with Crippen LogP contribution < -0.4 is 15.5 Å². The molecule has 3 N–H and O–H groups in total. The van der Waals surface area contributed by atoms with Crippen molar-refractivity contribution >= 4 is 29.9 Å². The number of benzene rings is 1. The van der Waals surface area contributed by atoms with Crippen LogP contribution in [0.25, 0.3) is 0 Å². The lowest BCUT2D eigenvalue weighted by molar-refractivity contribution is -0.126. The molecular weight excluding hydrogens is 426 g/mol. The van der Waals surface area contributed by atoms with Crippen LogP contribution in [-0.2, 0) is 25.7 Å². The second-order valence-corrected chi connectivity index (χ2v) is 8.76. The Bertz CT molecular complexity index is 839. The van der Waals surface area contributed by atoms with Crippen LogP contribution in [0.3, 0.4) is 0 Å². The van der Waals surface area contributed by atoms with E-state index in [0.29, 0.717) is 32.5 Å². The maximum absolute atomic E-state index is 12.9. The third-order valence-corrected chi connectivity index (χ3v) is 6.37. The number of para-hydroxylation sites is 1. The Morgan fingerprint density at radius 2 is 1.91 bits per heavy atom. The number of hydrogen-bond donors (Lipinski definition) is 3. The highest BCUT2D eigenvalue weighted by Crippen LogP contribution is 2.28. The lowest BCUT2D eigenvalue weighted by Crippen LogP contribution is -2.50. The minimum Gasteiger partial charge on any atom is -0.465 e. The average Bonchev–Trinajstić information content (AvgIpc) is 3.04. The highest BCUT2D eigenvalue weighted by Gasteiger charge is 2.28. The number of carbonyl (C=O) groups excluding carboxylic acids is 3. The molecule has 0 spiro atoms. The molecule has 0 saturated heterocycles. The lowest BCUT2D eigenvalue weighted by atomic mass is 9.84. The van der Waals surface area contributed by atoms with Gasteiger partial charge in [0.15, 0.2) is 0 Å². The van der Waals surface area contributed by atoms with Gasteiger partial charge >= 0.3 is 6.09 Å². The molecule has 3 rings (SSSR count). The number of aldehydes is 1. The summed E-state index contributed by atoms with van der Waals surface area (Å²) < 4.78 is 5.56. The van der Waals surface area contributed by atoms with Gasteiger partial charge in [-0.25, -0.2) is 4.79 Å². The number of ether oxygens (including phenoxy) is 1. The number of rotatable bonds is 9. The van der Waals surface area contributed by atoms with Crippen molar-refractivity contribution in [2.45, 2.75) is 70.1 Å². The van der Waals surface area contributed by atoms with E-state index in [1.807, 2.05) is 24.3 Å². The first-order valence-electron chi connectivity index (χ1n) is 11.7. The quantitative estimate of drug-likeness (QED) is 0.488. The van der Waals surface area contributed by atoms with Crippen molar-refractivity contribution in [1.82, 2.24) is 10.6 Å². The van der Waals surface area contributed by atoms with E-state index in [-0.39, 0.29) is 24.7 Å². The van der Waals surface area contributed by atoms with Gasteiger partial charge in [-0.2, -0.15) is 0 Å². The number of fused-ring (bicyclic) bond motifs is 1. The Morgan fingerprint density at radius 1 is 1.15 bits per heavy atom. The summed E-state index contributed by atoms with van der Waals surface area (Å²) >= 11 is 0. The third-order valence-electron chi connectivity index (χ3n) is 6.37. The monoisotopic (exact) mass is 459 g/mol. The molecule has 2 atom stereocenters. The summed E-state index contributed by atoms with van der Waals surface area (Å²) in [5, 5.41) is 14.1. The predicted octanol–water partition coefficient (Wildman–Crippen LogP) is 2.62. The molecule has 1 aromatic carbocycles. The fourth-order valence-electron chi connectivity index (χ4n) is 4.62. The highest BCUT2D eigenvalue weighted by atomic mass is 16.5. The molecule has 1 aliphatic carbocycles. The summed E-state index contributed by atoms with van der Waals surface area (Å²) in [7, 11) is 0. The second kappa shape index (κ2) is 12.3. The van der Waals surface area contributed by atoms with Crippen molar-refractivity contribution in [3.8, 4) is 0 Å². The molecule has 3 amide bonds. The molecular formula is C24H33N3O6. The van der Waals surface area contributed by atoms with Crippen molar-refractivity contribution in [2.24, 2.45) is 5.92 Å². The topological polar surface area (TPSA) is 125 Å². The first kappa shape index (κ1) is 24.7. The van der Waals surface area contributed by atoms with Crippen molar-refractivity contribution < 1.29 is 29.0 Å². The van der Waals surface area contributed by atoms with Crippen molar-refractivity contribution in [3.63, 3.8) is 0 Å². The van der Waals surface area contributed by atoms with E-state index in [1.165, 1.54) is 0 Å². The van der Waals surface area contributed by atoms with Gasteiger partial charge in [-0.3, -0.25) is 9.59 Å². The summed E-state index contributed by atoms with van der Waals surface area (Å²) in [5.74, 6) is -0.402. The maximum atomic E-state index is 12.9. The molecule has 1 saturated carbocycles. The molecule has 9 heteroatoms. The van der Waals surface area contributed by atoms with Crippen LogP contribution in [0.2, 0.25) is 0 Å². The molecule has 1 fully saturated rings. The van der Waals surface area contributed by atoms with Gasteiger partial charge in [0.05, 0.1) is 19.3 Å². The minimum absolute atomic E-state index is 0.0671. The van der Waals surface area contributed by atoms with E-state index in [0.717, 1.165) is 43.4 Å². The van der Waals surface area contributed by atoms with E-state index in [2.05, 4.69) is 10.6 Å². The van der Waals surface area contributed by atoms with Gasteiger partial charge in [0.2, 0.25) is 11.8 Å². The SMILES string of the molecule is O=C[C@H](CCC(=O)N1CCOCc2ccccc21)NC(=O)[C@H](CC1CCCCC1)NC(=O)O. The van der Waals surface area contributed by atoms with E-state index >= 15 is 0 Å². The number of carbonyl (C=O) groups is 4. The lowest BCUT2D eigenvalue weighted by Gasteiger charge is -2.27. The highest BCUT2D eigenvalue weighted by molar-refractivity contribution is 5.94. The summed E-state index contributed by atoms with van der Waals surface area (Å²) in [6, 6.07) is 5.75. The fourth-order valence-corrected chi connectivity index (χ4v) is 4.62. The second-order valence-electron chi connectivity index (χ2n) is 8.76. The average molecular weight is 460 g/mol. The molecule has 33 heavy (non-hydrogen) atoms. The fraction of sp³-hybridized carbons (Fsp3) is 0.583. The van der Waals surface area contributed by atoms with E-state index in [4.69, 9.17) is 9.84 Å². The van der Waals surface area contributed by atoms with E-state index in [9.17, 15) is 19.2 Å². The number of anilines is 1. The smallest absolute Gasteiger partial charge is 0.405 e. The molecule has 180 valence electrons. The van der Waals surface area contributed by atoms with Crippen LogP contribution >= 0.6 is 0 Å². The normalized spacial score (nSPS) is 18.4. The van der Waals surface area contributed by atoms with Crippen LogP contribution in [0, 0.1) is 5.92 Å². The summed E-state index contributed by atoms with van der Waals surface area (Å²) in [6.45, 7) is 1.27. The molecule has 0 aromatic heterocycles. The maximum Gasteiger partial charge on any atom is 0.405 e. The number of carboxylic acid groups (broad SMARTS) is 1. The molecule has 0 radical (unpaired) electrons. The van der Waals surface area contributed by atoms with Gasteiger partial charge in [0.1, 0.15) is 12.3 Å². The number of nitrogens with one attached hydrogen (secondary N) is 2. The Morgan fingerprint density at radius 3 is 2.64 bits per heavy atom. The molecule has 1 aliphatic heterocycles. The zero-order valence-electron chi connectivity index (χ0n) is 18.8.